The zero-order chi connectivity index (χ0) is 12.9. The monoisotopic (exact) mass is 241 g/mol. The molecule has 1 saturated carbocycles. The van der Waals surface area contributed by atoms with Crippen LogP contribution in [0.1, 0.15) is 60.3 Å². The number of hydrogen-bond donors (Lipinski definition) is 1. The van der Waals surface area contributed by atoms with Crippen LogP contribution in [0.4, 0.5) is 0 Å². The van der Waals surface area contributed by atoms with E-state index in [0.717, 1.165) is 31.4 Å². The molecule has 0 amide bonds. The fourth-order valence-corrected chi connectivity index (χ4v) is 2.39. The van der Waals surface area contributed by atoms with Crippen LogP contribution in [0.2, 0.25) is 0 Å². The molecule has 1 rings (SSSR count). The van der Waals surface area contributed by atoms with E-state index in [2.05, 4.69) is 39.9 Å². The summed E-state index contributed by atoms with van der Waals surface area (Å²) in [6.07, 6.45) is 5.50. The van der Waals surface area contributed by atoms with Gasteiger partial charge in [0.15, 0.2) is 0 Å². The fraction of sp³-hybridized carbons (Fsp3) is 1.00. The predicted molar refractivity (Wildman–Crippen MR) is 74.3 cm³/mol. The third-order valence-corrected chi connectivity index (χ3v) is 4.49. The van der Waals surface area contributed by atoms with Gasteiger partial charge in [-0.15, -0.1) is 0 Å². The van der Waals surface area contributed by atoms with Crippen LogP contribution in [0.3, 0.4) is 0 Å². The third kappa shape index (κ3) is 5.39. The van der Waals surface area contributed by atoms with Crippen LogP contribution >= 0.6 is 0 Å². The number of rotatable bonds is 6. The van der Waals surface area contributed by atoms with Gasteiger partial charge in [-0.3, -0.25) is 0 Å². The Morgan fingerprint density at radius 3 is 2.47 bits per heavy atom. The highest BCUT2D eigenvalue weighted by atomic mass is 16.5. The van der Waals surface area contributed by atoms with Crippen LogP contribution in [0.5, 0.6) is 0 Å². The molecule has 0 aliphatic heterocycles. The van der Waals surface area contributed by atoms with Gasteiger partial charge in [0.2, 0.25) is 0 Å². The third-order valence-electron chi connectivity index (χ3n) is 4.49. The van der Waals surface area contributed by atoms with Crippen molar-refractivity contribution in [1.29, 1.82) is 0 Å². The highest BCUT2D eigenvalue weighted by Crippen LogP contribution is 2.30. The van der Waals surface area contributed by atoms with Gasteiger partial charge in [-0.2, -0.15) is 0 Å². The molecule has 2 heteroatoms. The van der Waals surface area contributed by atoms with Crippen molar-refractivity contribution in [3.05, 3.63) is 0 Å². The average molecular weight is 241 g/mol. The van der Waals surface area contributed by atoms with Crippen LogP contribution in [-0.4, -0.2) is 24.8 Å². The molecular weight excluding hydrogens is 210 g/mol. The number of nitrogens with one attached hydrogen (secondary N) is 1. The molecule has 0 aromatic heterocycles. The van der Waals surface area contributed by atoms with Gasteiger partial charge in [-0.05, 0) is 51.4 Å². The van der Waals surface area contributed by atoms with Crippen LogP contribution in [-0.2, 0) is 4.74 Å². The maximum atomic E-state index is 5.98. The Morgan fingerprint density at radius 2 is 1.88 bits per heavy atom. The van der Waals surface area contributed by atoms with Gasteiger partial charge in [0.05, 0.1) is 12.7 Å². The second kappa shape index (κ2) is 6.75. The second-order valence-corrected chi connectivity index (χ2v) is 6.42. The number of hydrogen-bond acceptors (Lipinski definition) is 2. The van der Waals surface area contributed by atoms with Crippen molar-refractivity contribution in [1.82, 2.24) is 5.32 Å². The Bertz CT molecular complexity index is 215. The van der Waals surface area contributed by atoms with Crippen LogP contribution in [0.15, 0.2) is 0 Å². The van der Waals surface area contributed by atoms with Crippen molar-refractivity contribution in [3.63, 3.8) is 0 Å². The molecule has 0 saturated heterocycles. The molecule has 0 aromatic rings. The summed E-state index contributed by atoms with van der Waals surface area (Å²) < 4.78 is 5.98. The lowest BCUT2D eigenvalue weighted by molar-refractivity contribution is 0.00253. The van der Waals surface area contributed by atoms with Crippen LogP contribution in [0.25, 0.3) is 0 Å². The van der Waals surface area contributed by atoms with Crippen molar-refractivity contribution in [3.8, 4) is 0 Å². The van der Waals surface area contributed by atoms with Crippen molar-refractivity contribution in [2.24, 2.45) is 11.8 Å². The first-order valence-electron chi connectivity index (χ1n) is 7.31. The zero-order valence-corrected chi connectivity index (χ0v) is 12.4. The maximum Gasteiger partial charge on any atom is 0.0594 e. The van der Waals surface area contributed by atoms with Crippen LogP contribution in [0, 0.1) is 11.8 Å². The first-order valence-corrected chi connectivity index (χ1v) is 7.31. The normalized spacial score (nSPS) is 30.5. The lowest BCUT2D eigenvalue weighted by Gasteiger charge is -2.32. The van der Waals surface area contributed by atoms with Crippen molar-refractivity contribution in [2.75, 3.05) is 13.2 Å². The molecule has 3 atom stereocenters. The van der Waals surface area contributed by atoms with Gasteiger partial charge in [-0.25, -0.2) is 0 Å². The standard InChI is InChI=1S/C15H31NO/c1-6-15(4,5)16-9-10-17-14-8-7-12(2)13(3)11-14/h12-14,16H,6-11H2,1-5H3. The van der Waals surface area contributed by atoms with E-state index in [9.17, 15) is 0 Å². The molecule has 1 aliphatic rings. The minimum Gasteiger partial charge on any atom is -0.377 e. The van der Waals surface area contributed by atoms with E-state index in [4.69, 9.17) is 4.74 Å². The van der Waals surface area contributed by atoms with Gasteiger partial charge in [0, 0.05) is 12.1 Å². The molecule has 0 spiro atoms. The van der Waals surface area contributed by atoms with E-state index in [1.165, 1.54) is 19.3 Å². The molecule has 1 N–H and O–H groups in total. The smallest absolute Gasteiger partial charge is 0.0594 e. The lowest BCUT2D eigenvalue weighted by Crippen LogP contribution is -2.41. The van der Waals surface area contributed by atoms with Gasteiger partial charge >= 0.3 is 0 Å². The Labute approximate surface area is 108 Å². The van der Waals surface area contributed by atoms with Crippen molar-refractivity contribution >= 4 is 0 Å². The summed E-state index contributed by atoms with van der Waals surface area (Å²) in [5.41, 5.74) is 0.248. The van der Waals surface area contributed by atoms with Gasteiger partial charge < -0.3 is 10.1 Å². The largest absolute Gasteiger partial charge is 0.377 e. The molecule has 1 aliphatic carbocycles. The van der Waals surface area contributed by atoms with Crippen LogP contribution < -0.4 is 5.32 Å². The summed E-state index contributed by atoms with van der Waals surface area (Å²) in [6.45, 7) is 13.3. The molecule has 0 heterocycles. The minimum atomic E-state index is 0.248. The zero-order valence-electron chi connectivity index (χ0n) is 12.4. The van der Waals surface area contributed by atoms with E-state index < -0.39 is 0 Å². The van der Waals surface area contributed by atoms with E-state index in [1.807, 2.05) is 0 Å². The Morgan fingerprint density at radius 1 is 1.18 bits per heavy atom. The maximum absolute atomic E-state index is 5.98. The molecule has 2 nitrogen and oxygen atoms in total. The molecule has 0 radical (unpaired) electrons. The molecule has 102 valence electrons. The second-order valence-electron chi connectivity index (χ2n) is 6.42. The Kier molecular flexibility index (Phi) is 5.94. The quantitative estimate of drug-likeness (QED) is 0.717. The average Bonchev–Trinajstić information content (AvgIpc) is 2.29. The Balaban J connectivity index is 2.11. The summed E-state index contributed by atoms with van der Waals surface area (Å²) in [5, 5.41) is 3.54. The van der Waals surface area contributed by atoms with Gasteiger partial charge in [-0.1, -0.05) is 20.8 Å². The van der Waals surface area contributed by atoms with E-state index in [1.54, 1.807) is 0 Å². The molecule has 3 unspecified atom stereocenters. The number of ether oxygens (including phenoxy) is 1. The fourth-order valence-electron chi connectivity index (χ4n) is 2.39. The van der Waals surface area contributed by atoms with Crippen molar-refractivity contribution in [2.45, 2.75) is 71.9 Å². The highest BCUT2D eigenvalue weighted by Gasteiger charge is 2.24. The minimum absolute atomic E-state index is 0.248. The first kappa shape index (κ1) is 15.0. The predicted octanol–water partition coefficient (Wildman–Crippen LogP) is 3.61. The van der Waals surface area contributed by atoms with Gasteiger partial charge in [0.25, 0.3) is 0 Å². The molecule has 0 aromatic carbocycles. The summed E-state index contributed by atoms with van der Waals surface area (Å²) in [7, 11) is 0. The molecule has 17 heavy (non-hydrogen) atoms. The van der Waals surface area contributed by atoms with E-state index >= 15 is 0 Å². The Hall–Kier alpha value is -0.0800. The topological polar surface area (TPSA) is 21.3 Å². The highest BCUT2D eigenvalue weighted by molar-refractivity contribution is 4.77. The summed E-state index contributed by atoms with van der Waals surface area (Å²) in [6, 6.07) is 0. The van der Waals surface area contributed by atoms with E-state index in [0.29, 0.717) is 6.10 Å². The van der Waals surface area contributed by atoms with Crippen molar-refractivity contribution < 1.29 is 4.74 Å². The first-order chi connectivity index (χ1) is 7.94. The summed E-state index contributed by atoms with van der Waals surface area (Å²) in [5.74, 6) is 1.71. The SMILES string of the molecule is CCC(C)(C)NCCOC1CCC(C)C(C)C1. The molecule has 1 fully saturated rings. The molecule has 0 bridgehead atoms. The van der Waals surface area contributed by atoms with E-state index in [-0.39, 0.29) is 5.54 Å². The summed E-state index contributed by atoms with van der Waals surface area (Å²) in [4.78, 5) is 0. The lowest BCUT2D eigenvalue weighted by atomic mass is 9.80. The molecular formula is C15H31NO. The summed E-state index contributed by atoms with van der Waals surface area (Å²) >= 11 is 0. The van der Waals surface area contributed by atoms with Gasteiger partial charge in [0.1, 0.15) is 0 Å².